The van der Waals surface area contributed by atoms with Crippen molar-refractivity contribution >= 4 is 29.1 Å². The zero-order chi connectivity index (χ0) is 23.4. The molecule has 0 saturated carbocycles. The number of carbonyl (C=O) groups is 1. The number of hydrogen-bond donors (Lipinski definition) is 2. The summed E-state index contributed by atoms with van der Waals surface area (Å²) in [6, 6.07) is 13.2. The number of nitrogens with one attached hydrogen (secondary N) is 1. The molecule has 6 nitrogen and oxygen atoms in total. The largest absolute Gasteiger partial charge is 0.396 e. The average molecular weight is 483 g/mol. The third kappa shape index (κ3) is 5.14. The van der Waals surface area contributed by atoms with Crippen LogP contribution in [0.3, 0.4) is 0 Å². The number of aromatic nitrogens is 2. The first-order valence-corrected chi connectivity index (χ1v) is 11.4. The van der Waals surface area contributed by atoms with Crippen LogP contribution in [0.25, 0.3) is 16.9 Å². The number of rotatable bonds is 7. The summed E-state index contributed by atoms with van der Waals surface area (Å²) in [6.45, 7) is 2.61. The molecule has 0 bridgehead atoms. The molecule has 4 rings (SSSR count). The van der Waals surface area contributed by atoms with E-state index < -0.39 is 0 Å². The normalized spacial score (nSPS) is 12.9. The molecule has 0 saturated heterocycles. The van der Waals surface area contributed by atoms with Crippen molar-refractivity contribution in [1.29, 1.82) is 0 Å². The van der Waals surface area contributed by atoms with E-state index in [0.717, 1.165) is 28.8 Å². The number of halogens is 2. The summed E-state index contributed by atoms with van der Waals surface area (Å²) in [5.41, 5.74) is 7.35. The maximum Gasteiger partial charge on any atom is 0.290 e. The first-order valence-electron chi connectivity index (χ1n) is 10.6. The van der Waals surface area contributed by atoms with E-state index in [9.17, 15) is 4.79 Å². The Morgan fingerprint density at radius 1 is 1.15 bits per heavy atom. The van der Waals surface area contributed by atoms with Crippen LogP contribution in [0.1, 0.15) is 28.0 Å². The second-order valence-electron chi connectivity index (χ2n) is 7.72. The molecule has 0 unspecified atom stereocenters. The van der Waals surface area contributed by atoms with Gasteiger partial charge in [0.2, 0.25) is 0 Å². The van der Waals surface area contributed by atoms with E-state index in [2.05, 4.69) is 10.5 Å². The molecular weight excluding hydrogens is 459 g/mol. The molecule has 3 aromatic rings. The molecule has 2 N–H and O–H groups in total. The maximum absolute atomic E-state index is 13.1. The van der Waals surface area contributed by atoms with E-state index >= 15 is 0 Å². The van der Waals surface area contributed by atoms with Crippen LogP contribution in [-0.2, 0) is 6.42 Å². The SMILES string of the molecule is Cc1c(C(=O)NN2C=CC=CC2)nn(-c2ccc(Cl)cc2Cl)c1-c1ccc(CCCO)cc1. The van der Waals surface area contributed by atoms with E-state index in [0.29, 0.717) is 34.4 Å². The highest BCUT2D eigenvalue weighted by atomic mass is 35.5. The monoisotopic (exact) mass is 482 g/mol. The quantitative estimate of drug-likeness (QED) is 0.490. The second-order valence-corrected chi connectivity index (χ2v) is 8.56. The summed E-state index contributed by atoms with van der Waals surface area (Å²) < 4.78 is 1.69. The van der Waals surface area contributed by atoms with Crippen molar-refractivity contribution in [1.82, 2.24) is 20.2 Å². The molecule has 0 radical (unpaired) electrons. The number of allylic oxidation sites excluding steroid dienone is 2. The van der Waals surface area contributed by atoms with Gasteiger partial charge >= 0.3 is 0 Å². The van der Waals surface area contributed by atoms with Crippen LogP contribution in [0.5, 0.6) is 0 Å². The maximum atomic E-state index is 13.1. The summed E-state index contributed by atoms with van der Waals surface area (Å²) in [5.74, 6) is -0.308. The van der Waals surface area contributed by atoms with Gasteiger partial charge in [-0.1, -0.05) is 59.6 Å². The molecule has 8 heteroatoms. The third-order valence-corrected chi connectivity index (χ3v) is 5.92. The molecule has 1 aliphatic rings. The van der Waals surface area contributed by atoms with Crippen LogP contribution < -0.4 is 5.43 Å². The van der Waals surface area contributed by atoms with Gasteiger partial charge in [-0.3, -0.25) is 15.2 Å². The first kappa shape index (κ1) is 23.1. The Balaban J connectivity index is 1.77. The lowest BCUT2D eigenvalue weighted by Crippen LogP contribution is -2.39. The van der Waals surface area contributed by atoms with E-state index in [1.165, 1.54) is 0 Å². The Morgan fingerprint density at radius 3 is 2.61 bits per heavy atom. The number of aliphatic hydroxyl groups excluding tert-OH is 1. The van der Waals surface area contributed by atoms with Gasteiger partial charge in [-0.25, -0.2) is 4.68 Å². The Kier molecular flexibility index (Phi) is 7.18. The van der Waals surface area contributed by atoms with Crippen LogP contribution in [0.4, 0.5) is 0 Å². The fraction of sp³-hybridized carbons (Fsp3) is 0.200. The molecule has 0 fully saturated rings. The number of carbonyl (C=O) groups excluding carboxylic acids is 1. The zero-order valence-corrected chi connectivity index (χ0v) is 19.6. The number of hydrazine groups is 1. The molecule has 2 heterocycles. The summed E-state index contributed by atoms with van der Waals surface area (Å²) in [5, 5.41) is 16.4. The van der Waals surface area contributed by atoms with Crippen LogP contribution >= 0.6 is 23.2 Å². The van der Waals surface area contributed by atoms with Crippen LogP contribution in [0.2, 0.25) is 10.0 Å². The Labute approximate surface area is 202 Å². The van der Waals surface area contributed by atoms with Gasteiger partial charge in [-0.2, -0.15) is 5.10 Å². The lowest BCUT2D eigenvalue weighted by Gasteiger charge is -2.20. The number of nitrogens with zero attached hydrogens (tertiary/aromatic N) is 3. The number of aryl methyl sites for hydroxylation is 1. The van der Waals surface area contributed by atoms with Crippen molar-refractivity contribution in [3.8, 4) is 16.9 Å². The van der Waals surface area contributed by atoms with E-state index in [4.69, 9.17) is 28.3 Å². The van der Waals surface area contributed by atoms with Gasteiger partial charge in [-0.05, 0) is 49.6 Å². The third-order valence-electron chi connectivity index (χ3n) is 5.39. The molecule has 0 atom stereocenters. The minimum atomic E-state index is -0.308. The molecule has 0 spiro atoms. The molecule has 1 aliphatic heterocycles. The molecular formula is C25H24Cl2N4O2. The van der Waals surface area contributed by atoms with Gasteiger partial charge in [0.05, 0.1) is 22.9 Å². The predicted molar refractivity (Wildman–Crippen MR) is 132 cm³/mol. The van der Waals surface area contributed by atoms with Crippen molar-refractivity contribution in [2.24, 2.45) is 0 Å². The highest BCUT2D eigenvalue weighted by Gasteiger charge is 2.24. The smallest absolute Gasteiger partial charge is 0.290 e. The summed E-state index contributed by atoms with van der Waals surface area (Å²) in [4.78, 5) is 13.1. The topological polar surface area (TPSA) is 70.4 Å². The van der Waals surface area contributed by atoms with Crippen LogP contribution in [0, 0.1) is 6.92 Å². The molecule has 170 valence electrons. The standard InChI is InChI=1S/C25H24Cl2N4O2/c1-17-23(25(33)29-30-13-3-2-4-14-30)28-31(22-12-11-20(26)16-21(22)27)24(17)19-9-7-18(8-10-19)6-5-15-32/h2-4,7-13,16,32H,5-6,14-15H2,1H3,(H,29,33). The van der Waals surface area contributed by atoms with Gasteiger partial charge in [0.25, 0.3) is 5.91 Å². The van der Waals surface area contributed by atoms with Crippen molar-refractivity contribution < 1.29 is 9.90 Å². The summed E-state index contributed by atoms with van der Waals surface area (Å²) >= 11 is 12.6. The van der Waals surface area contributed by atoms with Gasteiger partial charge in [0.15, 0.2) is 5.69 Å². The molecule has 1 aromatic heterocycles. The molecule has 33 heavy (non-hydrogen) atoms. The highest BCUT2D eigenvalue weighted by Crippen LogP contribution is 2.33. The number of hydrogen-bond acceptors (Lipinski definition) is 4. The fourth-order valence-electron chi connectivity index (χ4n) is 3.72. The van der Waals surface area contributed by atoms with E-state index in [1.54, 1.807) is 34.1 Å². The minimum Gasteiger partial charge on any atom is -0.396 e. The molecule has 0 aliphatic carbocycles. The zero-order valence-electron chi connectivity index (χ0n) is 18.1. The van der Waals surface area contributed by atoms with Crippen molar-refractivity contribution in [2.75, 3.05) is 13.2 Å². The average Bonchev–Trinajstić information content (AvgIpc) is 3.15. The van der Waals surface area contributed by atoms with Gasteiger partial charge in [0, 0.05) is 29.0 Å². The minimum absolute atomic E-state index is 0.156. The Bertz CT molecular complexity index is 1220. The van der Waals surface area contributed by atoms with Gasteiger partial charge < -0.3 is 5.11 Å². The summed E-state index contributed by atoms with van der Waals surface area (Å²) in [6.07, 6.45) is 9.03. The Morgan fingerprint density at radius 2 is 1.94 bits per heavy atom. The van der Waals surface area contributed by atoms with E-state index in [-0.39, 0.29) is 12.5 Å². The number of amides is 1. The van der Waals surface area contributed by atoms with Crippen molar-refractivity contribution in [3.63, 3.8) is 0 Å². The lowest BCUT2D eigenvalue weighted by atomic mass is 10.0. The number of benzene rings is 2. The molecule has 2 aromatic carbocycles. The Hall–Kier alpha value is -3.06. The van der Waals surface area contributed by atoms with Gasteiger partial charge in [0.1, 0.15) is 0 Å². The van der Waals surface area contributed by atoms with E-state index in [1.807, 2.05) is 49.4 Å². The second kappa shape index (κ2) is 10.3. The van der Waals surface area contributed by atoms with Crippen LogP contribution in [-0.4, -0.2) is 39.0 Å². The summed E-state index contributed by atoms with van der Waals surface area (Å²) in [7, 11) is 0. The lowest BCUT2D eigenvalue weighted by molar-refractivity contribution is 0.0854. The van der Waals surface area contributed by atoms with Gasteiger partial charge in [-0.15, -0.1) is 0 Å². The van der Waals surface area contributed by atoms with Crippen molar-refractivity contribution in [2.45, 2.75) is 19.8 Å². The fourth-order valence-corrected chi connectivity index (χ4v) is 4.21. The first-order chi connectivity index (χ1) is 16.0. The van der Waals surface area contributed by atoms with Crippen LogP contribution in [0.15, 0.2) is 66.9 Å². The highest BCUT2D eigenvalue weighted by molar-refractivity contribution is 6.35. The van der Waals surface area contributed by atoms with Crippen molar-refractivity contribution in [3.05, 3.63) is 93.8 Å². The number of aliphatic hydroxyl groups is 1. The molecule has 1 amide bonds. The predicted octanol–water partition coefficient (Wildman–Crippen LogP) is 5.11.